The molecule has 2 aromatic rings. The van der Waals surface area contributed by atoms with Crippen molar-refractivity contribution in [2.24, 2.45) is 0 Å². The zero-order chi connectivity index (χ0) is 14.7. The lowest BCUT2D eigenvalue weighted by atomic mass is 10.1. The number of anilines is 1. The summed E-state index contributed by atoms with van der Waals surface area (Å²) in [6, 6.07) is 4.58. The lowest BCUT2D eigenvalue weighted by molar-refractivity contribution is -0.384. The summed E-state index contributed by atoms with van der Waals surface area (Å²) < 4.78 is 5.66. The molecular formula is C14H16N4O3. The molecule has 0 amide bonds. The van der Waals surface area contributed by atoms with Gasteiger partial charge in [-0.05, 0) is 25.3 Å². The van der Waals surface area contributed by atoms with Crippen molar-refractivity contribution in [3.05, 3.63) is 34.6 Å². The number of rotatable bonds is 4. The first kappa shape index (κ1) is 13.7. The lowest BCUT2D eigenvalue weighted by Crippen LogP contribution is -2.27. The van der Waals surface area contributed by atoms with E-state index in [1.807, 2.05) is 0 Å². The van der Waals surface area contributed by atoms with Gasteiger partial charge in [-0.25, -0.2) is 9.97 Å². The van der Waals surface area contributed by atoms with E-state index in [1.54, 1.807) is 6.07 Å². The SMILES string of the molecule is O=[N+]([O-])c1ccc2ncnc(NCC3CCCCO3)c2c1. The van der Waals surface area contributed by atoms with Crippen LogP contribution in [-0.4, -0.2) is 34.1 Å². The smallest absolute Gasteiger partial charge is 0.270 e. The standard InChI is InChI=1S/C14H16N4O3/c19-18(20)10-4-5-13-12(7-10)14(17-9-16-13)15-8-11-3-1-2-6-21-11/h4-5,7,9,11H,1-3,6,8H2,(H,15,16,17). The van der Waals surface area contributed by atoms with Gasteiger partial charge in [0.2, 0.25) is 0 Å². The van der Waals surface area contributed by atoms with Gasteiger partial charge in [0.15, 0.2) is 0 Å². The summed E-state index contributed by atoms with van der Waals surface area (Å²) in [5, 5.41) is 14.8. The molecule has 0 aliphatic carbocycles. The summed E-state index contributed by atoms with van der Waals surface area (Å²) in [6.45, 7) is 1.44. The van der Waals surface area contributed by atoms with E-state index < -0.39 is 4.92 Å². The lowest BCUT2D eigenvalue weighted by Gasteiger charge is -2.23. The highest BCUT2D eigenvalue weighted by Crippen LogP contribution is 2.24. The van der Waals surface area contributed by atoms with Crippen molar-refractivity contribution in [1.29, 1.82) is 0 Å². The van der Waals surface area contributed by atoms with E-state index in [4.69, 9.17) is 4.74 Å². The number of non-ortho nitro benzene ring substituents is 1. The number of aromatic nitrogens is 2. The Hall–Kier alpha value is -2.28. The third-order valence-corrected chi connectivity index (χ3v) is 3.60. The fourth-order valence-electron chi connectivity index (χ4n) is 2.48. The highest BCUT2D eigenvalue weighted by atomic mass is 16.6. The molecule has 7 heteroatoms. The van der Waals surface area contributed by atoms with E-state index in [2.05, 4.69) is 15.3 Å². The topological polar surface area (TPSA) is 90.2 Å². The molecule has 1 unspecified atom stereocenters. The van der Waals surface area contributed by atoms with Crippen molar-refractivity contribution in [3.8, 4) is 0 Å². The fourth-order valence-corrected chi connectivity index (χ4v) is 2.48. The van der Waals surface area contributed by atoms with E-state index in [9.17, 15) is 10.1 Å². The van der Waals surface area contributed by atoms with E-state index >= 15 is 0 Å². The number of hydrogen-bond acceptors (Lipinski definition) is 6. The quantitative estimate of drug-likeness (QED) is 0.686. The van der Waals surface area contributed by atoms with Crippen LogP contribution in [0, 0.1) is 10.1 Å². The Kier molecular flexibility index (Phi) is 3.92. The Labute approximate surface area is 121 Å². The largest absolute Gasteiger partial charge is 0.376 e. The Balaban J connectivity index is 1.83. The van der Waals surface area contributed by atoms with E-state index in [-0.39, 0.29) is 11.8 Å². The Morgan fingerprint density at radius 2 is 2.29 bits per heavy atom. The third kappa shape index (κ3) is 3.08. The molecule has 0 spiro atoms. The average molecular weight is 288 g/mol. The van der Waals surface area contributed by atoms with Gasteiger partial charge in [0.25, 0.3) is 5.69 Å². The number of ether oxygens (including phenoxy) is 1. The molecule has 1 saturated heterocycles. The van der Waals surface area contributed by atoms with Gasteiger partial charge < -0.3 is 10.1 Å². The van der Waals surface area contributed by atoms with Crippen LogP contribution in [0.5, 0.6) is 0 Å². The molecule has 1 N–H and O–H groups in total. The highest BCUT2D eigenvalue weighted by molar-refractivity contribution is 5.90. The van der Waals surface area contributed by atoms with Gasteiger partial charge in [-0.2, -0.15) is 0 Å². The van der Waals surface area contributed by atoms with Gasteiger partial charge >= 0.3 is 0 Å². The second-order valence-electron chi connectivity index (χ2n) is 5.05. The number of nitro benzene ring substituents is 1. The monoisotopic (exact) mass is 288 g/mol. The van der Waals surface area contributed by atoms with Crippen molar-refractivity contribution in [1.82, 2.24) is 9.97 Å². The van der Waals surface area contributed by atoms with E-state index in [0.29, 0.717) is 23.3 Å². The maximum Gasteiger partial charge on any atom is 0.270 e. The molecule has 1 fully saturated rings. The molecule has 7 nitrogen and oxygen atoms in total. The first-order chi connectivity index (χ1) is 10.2. The minimum Gasteiger partial charge on any atom is -0.376 e. The number of benzene rings is 1. The molecule has 1 atom stereocenters. The molecule has 0 radical (unpaired) electrons. The first-order valence-electron chi connectivity index (χ1n) is 6.98. The molecule has 1 aromatic carbocycles. The highest BCUT2D eigenvalue weighted by Gasteiger charge is 2.15. The summed E-state index contributed by atoms with van der Waals surface area (Å²) >= 11 is 0. The predicted octanol–water partition coefficient (Wildman–Crippen LogP) is 2.52. The van der Waals surface area contributed by atoms with Gasteiger partial charge in [-0.3, -0.25) is 10.1 Å². The van der Waals surface area contributed by atoms with Crippen LogP contribution in [0.2, 0.25) is 0 Å². The number of fused-ring (bicyclic) bond motifs is 1. The van der Waals surface area contributed by atoms with Crippen LogP contribution in [-0.2, 0) is 4.74 Å². The summed E-state index contributed by atoms with van der Waals surface area (Å²) in [7, 11) is 0. The zero-order valence-electron chi connectivity index (χ0n) is 11.5. The van der Waals surface area contributed by atoms with E-state index in [1.165, 1.54) is 24.9 Å². The molecular weight excluding hydrogens is 272 g/mol. The van der Waals surface area contributed by atoms with Crippen LogP contribution in [0.4, 0.5) is 11.5 Å². The molecule has 110 valence electrons. The fraction of sp³-hybridized carbons (Fsp3) is 0.429. The summed E-state index contributed by atoms with van der Waals surface area (Å²) in [4.78, 5) is 18.8. The Bertz CT molecular complexity index is 656. The molecule has 3 rings (SSSR count). The number of nitro groups is 1. The molecule has 1 aliphatic heterocycles. The average Bonchev–Trinajstić information content (AvgIpc) is 2.53. The number of nitrogens with zero attached hydrogens (tertiary/aromatic N) is 3. The van der Waals surface area contributed by atoms with Crippen LogP contribution < -0.4 is 5.32 Å². The maximum atomic E-state index is 10.9. The molecule has 1 aliphatic rings. The maximum absolute atomic E-state index is 10.9. The molecule has 21 heavy (non-hydrogen) atoms. The van der Waals surface area contributed by atoms with Gasteiger partial charge in [0, 0.05) is 30.7 Å². The van der Waals surface area contributed by atoms with Gasteiger partial charge in [0.1, 0.15) is 12.1 Å². The Morgan fingerprint density at radius 1 is 1.38 bits per heavy atom. The Morgan fingerprint density at radius 3 is 3.05 bits per heavy atom. The van der Waals surface area contributed by atoms with Crippen LogP contribution >= 0.6 is 0 Å². The van der Waals surface area contributed by atoms with Crippen molar-refractivity contribution in [3.63, 3.8) is 0 Å². The molecule has 0 bridgehead atoms. The second-order valence-corrected chi connectivity index (χ2v) is 5.05. The van der Waals surface area contributed by atoms with Crippen molar-refractivity contribution in [2.45, 2.75) is 25.4 Å². The van der Waals surface area contributed by atoms with Crippen LogP contribution in [0.3, 0.4) is 0 Å². The predicted molar refractivity (Wildman–Crippen MR) is 78.3 cm³/mol. The van der Waals surface area contributed by atoms with Crippen LogP contribution in [0.1, 0.15) is 19.3 Å². The minimum absolute atomic E-state index is 0.0364. The summed E-state index contributed by atoms with van der Waals surface area (Å²) in [6.07, 6.45) is 4.93. The van der Waals surface area contributed by atoms with Crippen molar-refractivity contribution in [2.75, 3.05) is 18.5 Å². The number of nitrogens with one attached hydrogen (secondary N) is 1. The minimum atomic E-state index is -0.416. The van der Waals surface area contributed by atoms with E-state index in [0.717, 1.165) is 19.4 Å². The van der Waals surface area contributed by atoms with Gasteiger partial charge in [-0.1, -0.05) is 0 Å². The van der Waals surface area contributed by atoms with Crippen LogP contribution in [0.25, 0.3) is 10.9 Å². The van der Waals surface area contributed by atoms with Gasteiger partial charge in [0.05, 0.1) is 16.5 Å². The molecule has 2 heterocycles. The zero-order valence-corrected chi connectivity index (χ0v) is 11.5. The molecule has 0 saturated carbocycles. The van der Waals surface area contributed by atoms with Crippen molar-refractivity contribution < 1.29 is 9.66 Å². The third-order valence-electron chi connectivity index (χ3n) is 3.60. The second kappa shape index (κ2) is 6.01. The normalized spacial score (nSPS) is 18.6. The first-order valence-corrected chi connectivity index (χ1v) is 6.98. The summed E-state index contributed by atoms with van der Waals surface area (Å²) in [5.74, 6) is 0.609. The number of hydrogen-bond donors (Lipinski definition) is 1. The van der Waals surface area contributed by atoms with Gasteiger partial charge in [-0.15, -0.1) is 0 Å². The summed E-state index contributed by atoms with van der Waals surface area (Å²) in [5.41, 5.74) is 0.719. The molecule has 1 aromatic heterocycles. The van der Waals surface area contributed by atoms with Crippen molar-refractivity contribution >= 4 is 22.4 Å². The van der Waals surface area contributed by atoms with Crippen LogP contribution in [0.15, 0.2) is 24.5 Å².